The summed E-state index contributed by atoms with van der Waals surface area (Å²) in [4.78, 5) is 22.6. The molecule has 1 N–H and O–H groups in total. The second-order valence-electron chi connectivity index (χ2n) is 5.58. The number of benzene rings is 1. The Hall–Kier alpha value is -3.22. The summed E-state index contributed by atoms with van der Waals surface area (Å²) in [7, 11) is 0. The van der Waals surface area contributed by atoms with Crippen LogP contribution in [0.1, 0.15) is 10.5 Å². The van der Waals surface area contributed by atoms with Crippen molar-refractivity contribution in [1.29, 1.82) is 0 Å². The summed E-state index contributed by atoms with van der Waals surface area (Å²) in [5.74, 6) is 1.16. The van der Waals surface area contributed by atoms with Crippen molar-refractivity contribution in [1.82, 2.24) is 20.4 Å². The molecule has 0 atom stereocenters. The van der Waals surface area contributed by atoms with Gasteiger partial charge in [-0.15, -0.1) is 0 Å². The van der Waals surface area contributed by atoms with E-state index in [9.17, 15) is 4.79 Å². The molecule has 1 amide bonds. The fourth-order valence-electron chi connectivity index (χ4n) is 2.59. The fourth-order valence-corrected chi connectivity index (χ4v) is 2.59. The average Bonchev–Trinajstić information content (AvgIpc) is 3.09. The molecule has 0 bridgehead atoms. The molecule has 1 aromatic carbocycles. The normalized spacial score (nSPS) is 14.2. The zero-order chi connectivity index (χ0) is 16.4. The van der Waals surface area contributed by atoms with Crippen molar-refractivity contribution in [2.75, 3.05) is 18.0 Å². The maximum absolute atomic E-state index is 12.3. The summed E-state index contributed by atoms with van der Waals surface area (Å²) in [5, 5.41) is 6.80. The second-order valence-corrected chi connectivity index (χ2v) is 5.58. The van der Waals surface area contributed by atoms with E-state index in [-0.39, 0.29) is 17.6 Å². The number of rotatable bonds is 4. The van der Waals surface area contributed by atoms with Crippen molar-refractivity contribution in [3.8, 4) is 11.3 Å². The number of hydrogen-bond acceptors (Lipinski definition) is 6. The van der Waals surface area contributed by atoms with E-state index in [2.05, 4.69) is 25.3 Å². The van der Waals surface area contributed by atoms with Crippen molar-refractivity contribution >= 4 is 11.7 Å². The maximum atomic E-state index is 12.3. The second kappa shape index (κ2) is 6.11. The number of amides is 1. The summed E-state index contributed by atoms with van der Waals surface area (Å²) in [6.45, 7) is 1.40. The van der Waals surface area contributed by atoms with Gasteiger partial charge in [0, 0.05) is 37.1 Å². The lowest BCUT2D eigenvalue weighted by Crippen LogP contribution is -2.59. The van der Waals surface area contributed by atoms with Gasteiger partial charge in [0.15, 0.2) is 11.5 Å². The molecule has 1 aliphatic rings. The average molecular weight is 321 g/mol. The highest BCUT2D eigenvalue weighted by Gasteiger charge is 2.30. The van der Waals surface area contributed by atoms with Crippen LogP contribution in [0, 0.1) is 0 Å². The lowest BCUT2D eigenvalue weighted by Gasteiger charge is -2.39. The van der Waals surface area contributed by atoms with Crippen molar-refractivity contribution < 1.29 is 9.32 Å². The van der Waals surface area contributed by atoms with E-state index >= 15 is 0 Å². The minimum atomic E-state index is -0.232. The summed E-state index contributed by atoms with van der Waals surface area (Å²) in [6, 6.07) is 11.3. The van der Waals surface area contributed by atoms with Gasteiger partial charge >= 0.3 is 0 Å². The highest BCUT2D eigenvalue weighted by Crippen LogP contribution is 2.20. The molecule has 4 rings (SSSR count). The maximum Gasteiger partial charge on any atom is 0.273 e. The Morgan fingerprint density at radius 2 is 2.04 bits per heavy atom. The molecule has 1 aliphatic heterocycles. The van der Waals surface area contributed by atoms with Gasteiger partial charge in [-0.3, -0.25) is 9.78 Å². The van der Waals surface area contributed by atoms with E-state index in [1.165, 1.54) is 0 Å². The van der Waals surface area contributed by atoms with Crippen molar-refractivity contribution in [2.45, 2.75) is 6.04 Å². The molecule has 7 nitrogen and oxygen atoms in total. The molecule has 1 saturated heterocycles. The van der Waals surface area contributed by atoms with Gasteiger partial charge in [0.1, 0.15) is 5.82 Å². The predicted molar refractivity (Wildman–Crippen MR) is 87.4 cm³/mol. The minimum Gasteiger partial charge on any atom is -0.355 e. The van der Waals surface area contributed by atoms with Crippen LogP contribution in [0.15, 0.2) is 59.5 Å². The van der Waals surface area contributed by atoms with Gasteiger partial charge in [0.25, 0.3) is 5.91 Å². The standard InChI is InChI=1S/C17H15N5O2/c23-17(14-8-15(24-21-14)12-4-2-1-3-5-12)20-13-10-22(11-13)16-9-18-6-7-19-16/h1-9,13H,10-11H2,(H,20,23). The van der Waals surface area contributed by atoms with E-state index in [0.717, 1.165) is 11.4 Å². The molecule has 0 spiro atoms. The van der Waals surface area contributed by atoms with Gasteiger partial charge in [0.05, 0.1) is 12.2 Å². The SMILES string of the molecule is O=C(NC1CN(c2cnccn2)C1)c1cc(-c2ccccc2)on1. The number of nitrogens with zero attached hydrogens (tertiary/aromatic N) is 4. The van der Waals surface area contributed by atoms with Crippen LogP contribution in [-0.4, -0.2) is 40.2 Å². The van der Waals surface area contributed by atoms with E-state index < -0.39 is 0 Å². The van der Waals surface area contributed by atoms with Crippen LogP contribution in [-0.2, 0) is 0 Å². The highest BCUT2D eigenvalue weighted by atomic mass is 16.5. The Labute approximate surface area is 138 Å². The molecule has 2 aromatic heterocycles. The molecular weight excluding hydrogens is 306 g/mol. The first-order chi connectivity index (χ1) is 11.8. The number of carbonyl (C=O) groups excluding carboxylic acids is 1. The molecule has 120 valence electrons. The Morgan fingerprint density at radius 1 is 1.21 bits per heavy atom. The van der Waals surface area contributed by atoms with Gasteiger partial charge in [-0.1, -0.05) is 35.5 Å². The van der Waals surface area contributed by atoms with Crippen LogP contribution in [0.3, 0.4) is 0 Å². The van der Waals surface area contributed by atoms with Crippen molar-refractivity contribution in [3.05, 3.63) is 60.7 Å². The topological polar surface area (TPSA) is 84.2 Å². The van der Waals surface area contributed by atoms with Gasteiger partial charge in [-0.2, -0.15) is 0 Å². The predicted octanol–water partition coefficient (Wildman–Crippen LogP) is 1.75. The zero-order valence-corrected chi connectivity index (χ0v) is 12.8. The van der Waals surface area contributed by atoms with Crippen LogP contribution in [0.2, 0.25) is 0 Å². The van der Waals surface area contributed by atoms with Crippen molar-refractivity contribution in [3.63, 3.8) is 0 Å². The third-order valence-electron chi connectivity index (χ3n) is 3.89. The summed E-state index contributed by atoms with van der Waals surface area (Å²) in [5.41, 5.74) is 1.17. The number of hydrogen-bond donors (Lipinski definition) is 1. The third-order valence-corrected chi connectivity index (χ3v) is 3.89. The molecule has 0 radical (unpaired) electrons. The highest BCUT2D eigenvalue weighted by molar-refractivity contribution is 5.93. The number of aromatic nitrogens is 3. The zero-order valence-electron chi connectivity index (χ0n) is 12.8. The molecule has 24 heavy (non-hydrogen) atoms. The molecule has 1 fully saturated rings. The lowest BCUT2D eigenvalue weighted by molar-refractivity contribution is 0.0921. The molecule has 3 heterocycles. The largest absolute Gasteiger partial charge is 0.355 e. The monoisotopic (exact) mass is 321 g/mol. The first kappa shape index (κ1) is 14.4. The Balaban J connectivity index is 1.36. The number of anilines is 1. The van der Waals surface area contributed by atoms with Gasteiger partial charge in [0.2, 0.25) is 0 Å². The van der Waals surface area contributed by atoms with E-state index in [4.69, 9.17) is 4.52 Å². The smallest absolute Gasteiger partial charge is 0.273 e. The van der Waals surface area contributed by atoms with Crippen LogP contribution in [0.25, 0.3) is 11.3 Å². The summed E-state index contributed by atoms with van der Waals surface area (Å²) in [6.07, 6.45) is 5.00. The minimum absolute atomic E-state index is 0.0661. The fraction of sp³-hybridized carbons (Fsp3) is 0.176. The van der Waals surface area contributed by atoms with Crippen LogP contribution in [0.5, 0.6) is 0 Å². The quantitative estimate of drug-likeness (QED) is 0.788. The third kappa shape index (κ3) is 2.83. The molecule has 0 unspecified atom stereocenters. The molecule has 0 aliphatic carbocycles. The molecule has 0 saturated carbocycles. The summed E-state index contributed by atoms with van der Waals surface area (Å²) >= 11 is 0. The van der Waals surface area contributed by atoms with Gasteiger partial charge in [-0.05, 0) is 0 Å². The van der Waals surface area contributed by atoms with Crippen molar-refractivity contribution in [2.24, 2.45) is 0 Å². The summed E-state index contributed by atoms with van der Waals surface area (Å²) < 4.78 is 5.26. The van der Waals surface area contributed by atoms with Gasteiger partial charge in [-0.25, -0.2) is 4.98 Å². The van der Waals surface area contributed by atoms with Gasteiger partial charge < -0.3 is 14.7 Å². The first-order valence-corrected chi connectivity index (χ1v) is 7.63. The van der Waals surface area contributed by atoms with E-state index in [0.29, 0.717) is 18.8 Å². The van der Waals surface area contributed by atoms with E-state index in [1.54, 1.807) is 24.7 Å². The van der Waals surface area contributed by atoms with Crippen LogP contribution >= 0.6 is 0 Å². The number of carbonyl (C=O) groups is 1. The Bertz CT molecular complexity index is 828. The molecule has 3 aromatic rings. The van der Waals surface area contributed by atoms with Crippen LogP contribution in [0.4, 0.5) is 5.82 Å². The molecule has 7 heteroatoms. The Kier molecular flexibility index (Phi) is 3.66. The first-order valence-electron chi connectivity index (χ1n) is 7.63. The number of nitrogens with one attached hydrogen (secondary N) is 1. The van der Waals surface area contributed by atoms with E-state index in [1.807, 2.05) is 30.3 Å². The lowest BCUT2D eigenvalue weighted by atomic mass is 10.1. The van der Waals surface area contributed by atoms with Crippen LogP contribution < -0.4 is 10.2 Å². The molecular formula is C17H15N5O2. The Morgan fingerprint density at radius 3 is 2.79 bits per heavy atom.